The summed E-state index contributed by atoms with van der Waals surface area (Å²) in [5.74, 6) is -2.26. The molecule has 1 aliphatic heterocycles. The van der Waals surface area contributed by atoms with Gasteiger partial charge < -0.3 is 29.6 Å². The molecule has 0 aliphatic carbocycles. The molecule has 3 aromatic rings. The number of esters is 1. The lowest BCUT2D eigenvalue weighted by molar-refractivity contribution is -0.274. The third-order valence-corrected chi connectivity index (χ3v) is 8.25. The number of methoxy groups -OCH3 is 1. The monoisotopic (exact) mass is 601 g/mol. The summed E-state index contributed by atoms with van der Waals surface area (Å²) in [6, 6.07) is 1.37. The van der Waals surface area contributed by atoms with Crippen molar-refractivity contribution in [2.75, 3.05) is 42.7 Å². The normalized spacial score (nSPS) is 17.1. The minimum atomic E-state index is -5.06. The van der Waals surface area contributed by atoms with Gasteiger partial charge in [-0.3, -0.25) is 13.3 Å². The lowest BCUT2D eigenvalue weighted by atomic mass is 10.00. The van der Waals surface area contributed by atoms with E-state index in [0.29, 0.717) is 10.5 Å². The summed E-state index contributed by atoms with van der Waals surface area (Å²) in [6.07, 6.45) is -2.77. The van der Waals surface area contributed by atoms with Crippen LogP contribution in [-0.2, 0) is 32.0 Å². The first-order chi connectivity index (χ1) is 18.8. The summed E-state index contributed by atoms with van der Waals surface area (Å²) in [6.45, 7) is -0.0593. The molecule has 0 saturated carbocycles. The number of pyridine rings is 1. The Labute approximate surface area is 232 Å². The Kier molecular flexibility index (Phi) is 8.36. The molecule has 0 bridgehead atoms. The molecule has 0 spiro atoms. The minimum Gasteiger partial charge on any atom is -0.755 e. The molecule has 4 rings (SSSR count). The van der Waals surface area contributed by atoms with Crippen LogP contribution in [0.3, 0.4) is 0 Å². The van der Waals surface area contributed by atoms with Crippen molar-refractivity contribution in [1.29, 1.82) is 0 Å². The van der Waals surface area contributed by atoms with Crippen molar-refractivity contribution in [1.82, 2.24) is 14.9 Å². The molecule has 1 unspecified atom stereocenters. The van der Waals surface area contributed by atoms with Gasteiger partial charge in [0.05, 0.1) is 13.3 Å². The van der Waals surface area contributed by atoms with E-state index in [1.54, 1.807) is 19.0 Å². The van der Waals surface area contributed by atoms with Crippen LogP contribution in [0.2, 0.25) is 0 Å². The SMILES string of the molecule is COC(=O)[C@@H](Cc1cc2ccnc(N)c2cc1OC(F)(F)F)N1CC[C@H](N(c2cnc(N(C)C)s2)S(=O)[O-])C1=O. The second-order valence-corrected chi connectivity index (χ2v) is 10.7. The number of hydrogen-bond donors (Lipinski definition) is 1. The largest absolute Gasteiger partial charge is 0.755 e. The van der Waals surface area contributed by atoms with Gasteiger partial charge in [0.1, 0.15) is 28.7 Å². The molecule has 1 aromatic carbocycles. The Morgan fingerprint density at radius 2 is 2.08 bits per heavy atom. The quantitative estimate of drug-likeness (QED) is 0.285. The molecule has 1 aliphatic rings. The molecule has 1 saturated heterocycles. The molecular formula is C23H24F3N6O6S2-. The summed E-state index contributed by atoms with van der Waals surface area (Å²) in [4.78, 5) is 37.2. The summed E-state index contributed by atoms with van der Waals surface area (Å²) in [5, 5.41) is 1.33. The van der Waals surface area contributed by atoms with Crippen LogP contribution in [0.15, 0.2) is 30.6 Å². The van der Waals surface area contributed by atoms with Crippen molar-refractivity contribution in [3.63, 3.8) is 0 Å². The Bertz CT molecular complexity index is 1450. The molecule has 1 amide bonds. The Hall–Kier alpha value is -3.70. The molecule has 1 fully saturated rings. The van der Waals surface area contributed by atoms with Gasteiger partial charge in [0.15, 0.2) is 5.13 Å². The number of halogens is 3. The maximum absolute atomic E-state index is 13.5. The molecular weight excluding hydrogens is 577 g/mol. The summed E-state index contributed by atoms with van der Waals surface area (Å²) in [5.41, 5.74) is 5.77. The average molecular weight is 602 g/mol. The lowest BCUT2D eigenvalue weighted by Gasteiger charge is -2.31. The van der Waals surface area contributed by atoms with E-state index in [0.717, 1.165) is 33.7 Å². The van der Waals surface area contributed by atoms with Gasteiger partial charge in [0.2, 0.25) is 5.91 Å². The zero-order valence-electron chi connectivity index (χ0n) is 21.4. The van der Waals surface area contributed by atoms with Gasteiger partial charge in [0.25, 0.3) is 0 Å². The van der Waals surface area contributed by atoms with Crippen molar-refractivity contribution in [3.05, 3.63) is 36.2 Å². The number of nitrogens with two attached hydrogens (primary N) is 1. The number of hydrogen-bond acceptors (Lipinski definition) is 11. The topological polar surface area (TPSA) is 154 Å². The second-order valence-electron chi connectivity index (χ2n) is 8.92. The van der Waals surface area contributed by atoms with E-state index in [1.165, 1.54) is 24.5 Å². The van der Waals surface area contributed by atoms with Crippen LogP contribution in [0.1, 0.15) is 12.0 Å². The standard InChI is InChI=1S/C23H25F3N6O6S2/c1-30(2)22-29-11-18(39-22)32(40(35)36)15-5-7-31(20(15)33)16(21(34)37-3)9-13-8-12-4-6-28-19(27)14(12)10-17(13)38-23(24,25)26/h4,6,8,10-11,15-16H,5,7,9H2,1-3H3,(H2,27,28)(H,35,36)/p-1/t15-,16+/m0/s1. The van der Waals surface area contributed by atoms with E-state index < -0.39 is 53.8 Å². The minimum absolute atomic E-state index is 0.0152. The number of anilines is 3. The number of carbonyl (C=O) groups is 2. The number of likely N-dealkylation sites (tertiary alicyclic amines) is 1. The highest BCUT2D eigenvalue weighted by Crippen LogP contribution is 2.36. The Morgan fingerprint density at radius 3 is 2.67 bits per heavy atom. The molecule has 3 atom stereocenters. The van der Waals surface area contributed by atoms with Gasteiger partial charge in [-0.2, -0.15) is 0 Å². The summed E-state index contributed by atoms with van der Waals surface area (Å²) < 4.78 is 74.2. The van der Waals surface area contributed by atoms with Crippen LogP contribution in [0.5, 0.6) is 5.75 Å². The fourth-order valence-electron chi connectivity index (χ4n) is 4.42. The number of amides is 1. The predicted octanol–water partition coefficient (Wildman–Crippen LogP) is 2.22. The van der Waals surface area contributed by atoms with Crippen molar-refractivity contribution in [2.45, 2.75) is 31.3 Å². The van der Waals surface area contributed by atoms with Crippen LogP contribution in [0.25, 0.3) is 10.8 Å². The van der Waals surface area contributed by atoms with Gasteiger partial charge in [-0.1, -0.05) is 11.3 Å². The van der Waals surface area contributed by atoms with Crippen molar-refractivity contribution < 1.29 is 41.0 Å². The third kappa shape index (κ3) is 6.05. The fraction of sp³-hybridized carbons (Fsp3) is 0.391. The van der Waals surface area contributed by atoms with E-state index in [2.05, 4.69) is 14.7 Å². The molecule has 12 nitrogen and oxygen atoms in total. The summed E-state index contributed by atoms with van der Waals surface area (Å²) in [7, 11) is 4.52. The zero-order chi connectivity index (χ0) is 29.4. The number of aromatic nitrogens is 2. The highest BCUT2D eigenvalue weighted by atomic mass is 32.2. The number of nitrogens with zero attached hydrogens (tertiary/aromatic N) is 5. The number of benzene rings is 1. The molecule has 40 heavy (non-hydrogen) atoms. The smallest absolute Gasteiger partial charge is 0.573 e. The van der Waals surface area contributed by atoms with Gasteiger partial charge in [-0.25, -0.2) is 14.8 Å². The number of nitrogen functional groups attached to an aromatic ring is 1. The number of rotatable bonds is 9. The number of carbonyl (C=O) groups excluding carboxylic acids is 2. The van der Waals surface area contributed by atoms with E-state index in [9.17, 15) is 31.5 Å². The van der Waals surface area contributed by atoms with Crippen molar-refractivity contribution in [2.24, 2.45) is 0 Å². The van der Waals surface area contributed by atoms with E-state index >= 15 is 0 Å². The Balaban J connectivity index is 1.69. The van der Waals surface area contributed by atoms with Crippen LogP contribution >= 0.6 is 11.3 Å². The second kappa shape index (κ2) is 11.4. The average Bonchev–Trinajstić information content (AvgIpc) is 3.50. The molecule has 216 valence electrons. The number of thiazole rings is 1. The van der Waals surface area contributed by atoms with Gasteiger partial charge >= 0.3 is 12.3 Å². The Morgan fingerprint density at radius 1 is 1.35 bits per heavy atom. The fourth-order valence-corrected chi connectivity index (χ4v) is 6.11. The van der Waals surface area contributed by atoms with E-state index in [1.807, 2.05) is 0 Å². The lowest BCUT2D eigenvalue weighted by Crippen LogP contribution is -2.49. The first-order valence-electron chi connectivity index (χ1n) is 11.6. The van der Waals surface area contributed by atoms with Crippen LogP contribution in [0, 0.1) is 0 Å². The van der Waals surface area contributed by atoms with Crippen LogP contribution < -0.4 is 19.7 Å². The van der Waals surface area contributed by atoms with Gasteiger partial charge in [0, 0.05) is 49.9 Å². The van der Waals surface area contributed by atoms with Gasteiger partial charge in [-0.15, -0.1) is 13.2 Å². The zero-order valence-corrected chi connectivity index (χ0v) is 23.0. The van der Waals surface area contributed by atoms with E-state index in [-0.39, 0.29) is 34.7 Å². The van der Waals surface area contributed by atoms with Crippen molar-refractivity contribution in [3.8, 4) is 5.75 Å². The third-order valence-electron chi connectivity index (χ3n) is 6.20. The molecule has 0 radical (unpaired) electrons. The molecule has 3 heterocycles. The maximum Gasteiger partial charge on any atom is 0.573 e. The number of ether oxygens (including phenoxy) is 2. The van der Waals surface area contributed by atoms with Crippen molar-refractivity contribution >= 4 is 61.2 Å². The predicted molar refractivity (Wildman–Crippen MR) is 140 cm³/mol. The van der Waals surface area contributed by atoms with Crippen LogP contribution in [-0.4, -0.2) is 81.7 Å². The highest BCUT2D eigenvalue weighted by molar-refractivity contribution is 7.81. The molecule has 17 heteroatoms. The number of alkyl halides is 3. The van der Waals surface area contributed by atoms with E-state index in [4.69, 9.17) is 10.5 Å². The van der Waals surface area contributed by atoms with Crippen LogP contribution in [0.4, 0.5) is 29.1 Å². The first kappa shape index (κ1) is 29.3. The first-order valence-corrected chi connectivity index (χ1v) is 13.5. The summed E-state index contributed by atoms with van der Waals surface area (Å²) >= 11 is -1.82. The number of fused-ring (bicyclic) bond motifs is 1. The van der Waals surface area contributed by atoms with Gasteiger partial charge in [-0.05, 0) is 35.6 Å². The highest BCUT2D eigenvalue weighted by Gasteiger charge is 2.44. The molecule has 2 N–H and O–H groups in total. The molecule has 2 aromatic heterocycles. The maximum atomic E-state index is 13.5.